The molecular weight excluding hydrogens is 459 g/mol. The Kier molecular flexibility index (Phi) is 5.05. The first-order valence-corrected chi connectivity index (χ1v) is 14.7. The van der Waals surface area contributed by atoms with Gasteiger partial charge in [-0.1, -0.05) is 86.0 Å². The highest BCUT2D eigenvalue weighted by Gasteiger charge is 2.48. The van der Waals surface area contributed by atoms with E-state index in [1.807, 2.05) is 13.8 Å². The minimum atomic E-state index is 0.0856. The van der Waals surface area contributed by atoms with Gasteiger partial charge in [0.2, 0.25) is 0 Å². The Labute approximate surface area is 230 Å². The Morgan fingerprint density at radius 3 is 1.95 bits per heavy atom. The number of imidazole rings is 1. The molecule has 4 heterocycles. The van der Waals surface area contributed by atoms with Crippen LogP contribution in [0.4, 0.5) is 0 Å². The summed E-state index contributed by atoms with van der Waals surface area (Å²) in [5.74, 6) is 0. The van der Waals surface area contributed by atoms with Crippen molar-refractivity contribution < 1.29 is 0 Å². The smallest absolute Gasteiger partial charge is 0.250 e. The molecule has 0 saturated carbocycles. The van der Waals surface area contributed by atoms with Crippen molar-refractivity contribution in [2.75, 3.05) is 0 Å². The predicted molar refractivity (Wildman–Crippen MR) is 166 cm³/mol. The molecule has 2 aromatic heterocycles. The SMILES string of the molecule is CC.Cc1c2c3n(c(C)c(C)n3c1C)-c1cc(C(C)(C)C)cc3c1B2c1cc2c(cc1-3)C(C)(C)CC2(C)C. The predicted octanol–water partition coefficient (Wildman–Crippen LogP) is 7.06. The lowest BCUT2D eigenvalue weighted by molar-refractivity contribution is 0.403. The fourth-order valence-electron chi connectivity index (χ4n) is 8.30. The molecular formula is C35H45BN2. The molecule has 0 fully saturated rings. The van der Waals surface area contributed by atoms with Crippen LogP contribution in [0.2, 0.25) is 0 Å². The summed E-state index contributed by atoms with van der Waals surface area (Å²) >= 11 is 0. The van der Waals surface area contributed by atoms with Crippen LogP contribution < -0.4 is 16.4 Å². The van der Waals surface area contributed by atoms with Crippen molar-refractivity contribution in [3.05, 3.63) is 63.6 Å². The molecule has 3 heteroatoms. The number of hydrogen-bond acceptors (Lipinski definition) is 0. The molecule has 0 amide bonds. The molecule has 0 spiro atoms. The summed E-state index contributed by atoms with van der Waals surface area (Å²) in [7, 11) is 0. The topological polar surface area (TPSA) is 9.34 Å². The Hall–Kier alpha value is -2.68. The van der Waals surface area contributed by atoms with Crippen molar-refractivity contribution in [2.24, 2.45) is 0 Å². The van der Waals surface area contributed by atoms with E-state index in [4.69, 9.17) is 0 Å². The summed E-state index contributed by atoms with van der Waals surface area (Å²) in [4.78, 5) is 0. The lowest BCUT2D eigenvalue weighted by Crippen LogP contribution is -2.54. The standard InChI is InChI=1S/C33H39BN2.C2H6/c1-17-18(2)35-19(3)20(4)36-27-13-21(31(5,6)7)12-23-22-14-24-25(33(10,11)16-32(24,8)9)15-26(22)34(29(23)27)28(17)30(35)36;1-2/h12-15H,16H2,1-11H3;1-2H3. The summed E-state index contributed by atoms with van der Waals surface area (Å²) in [6.07, 6.45) is 1.21. The van der Waals surface area contributed by atoms with Crippen molar-refractivity contribution >= 4 is 28.7 Å². The largest absolute Gasteiger partial charge is 0.303 e. The van der Waals surface area contributed by atoms with E-state index in [1.165, 1.54) is 73.5 Å². The molecule has 198 valence electrons. The molecule has 0 bridgehead atoms. The Morgan fingerprint density at radius 2 is 1.34 bits per heavy atom. The van der Waals surface area contributed by atoms with Gasteiger partial charge in [0.05, 0.1) is 0 Å². The summed E-state index contributed by atoms with van der Waals surface area (Å²) in [6, 6.07) is 10.3. The van der Waals surface area contributed by atoms with Crippen LogP contribution in [0.3, 0.4) is 0 Å². The Balaban J connectivity index is 0.00000129. The molecule has 38 heavy (non-hydrogen) atoms. The quantitative estimate of drug-likeness (QED) is 0.196. The fourth-order valence-corrected chi connectivity index (χ4v) is 8.30. The van der Waals surface area contributed by atoms with Crippen molar-refractivity contribution in [3.63, 3.8) is 0 Å². The van der Waals surface area contributed by atoms with Crippen LogP contribution in [0.5, 0.6) is 0 Å². The van der Waals surface area contributed by atoms with Crippen LogP contribution in [-0.2, 0) is 16.2 Å². The highest BCUT2D eigenvalue weighted by Crippen LogP contribution is 2.51. The van der Waals surface area contributed by atoms with Crippen LogP contribution in [0, 0.1) is 27.7 Å². The molecule has 0 radical (unpaired) electrons. The zero-order valence-electron chi connectivity index (χ0n) is 26.0. The molecule has 4 aromatic rings. The van der Waals surface area contributed by atoms with E-state index < -0.39 is 0 Å². The van der Waals surface area contributed by atoms with Crippen LogP contribution in [0.1, 0.15) is 108 Å². The average Bonchev–Trinajstić information content (AvgIpc) is 3.45. The highest BCUT2D eigenvalue weighted by atomic mass is 15.2. The molecule has 3 aliphatic rings. The molecule has 2 nitrogen and oxygen atoms in total. The van der Waals surface area contributed by atoms with Crippen molar-refractivity contribution in [1.29, 1.82) is 0 Å². The van der Waals surface area contributed by atoms with Gasteiger partial charge in [0, 0.05) is 22.8 Å². The first-order valence-electron chi connectivity index (χ1n) is 14.7. The van der Waals surface area contributed by atoms with Gasteiger partial charge in [0.15, 0.2) is 0 Å². The maximum atomic E-state index is 2.63. The van der Waals surface area contributed by atoms with E-state index in [9.17, 15) is 0 Å². The van der Waals surface area contributed by atoms with Crippen LogP contribution >= 0.6 is 0 Å². The Bertz CT molecular complexity index is 1680. The number of rotatable bonds is 0. The normalized spacial score (nSPS) is 17.3. The lowest BCUT2D eigenvalue weighted by Gasteiger charge is -2.27. The maximum Gasteiger partial charge on any atom is 0.250 e. The van der Waals surface area contributed by atoms with Crippen molar-refractivity contribution in [3.8, 4) is 16.8 Å². The van der Waals surface area contributed by atoms with Gasteiger partial charge >= 0.3 is 0 Å². The van der Waals surface area contributed by atoms with E-state index in [0.717, 1.165) is 0 Å². The van der Waals surface area contributed by atoms with Gasteiger partial charge in [-0.05, 0) is 101 Å². The summed E-state index contributed by atoms with van der Waals surface area (Å²) in [5, 5.41) is 0. The third-order valence-corrected chi connectivity index (χ3v) is 10.1. The third kappa shape index (κ3) is 2.91. The Morgan fingerprint density at radius 1 is 0.737 bits per heavy atom. The molecule has 0 unspecified atom stereocenters. The molecule has 2 aromatic carbocycles. The van der Waals surface area contributed by atoms with E-state index in [-0.39, 0.29) is 16.2 Å². The van der Waals surface area contributed by atoms with Gasteiger partial charge in [-0.25, -0.2) is 0 Å². The summed E-state index contributed by atoms with van der Waals surface area (Å²) in [5.41, 5.74) is 20.9. The average molecular weight is 505 g/mol. The number of aromatic nitrogens is 2. The molecule has 0 saturated heterocycles. The zero-order chi connectivity index (χ0) is 27.9. The number of benzene rings is 2. The minimum Gasteiger partial charge on any atom is -0.303 e. The van der Waals surface area contributed by atoms with Gasteiger partial charge in [0.25, 0.3) is 6.71 Å². The second-order valence-corrected chi connectivity index (χ2v) is 14.4. The first-order chi connectivity index (χ1) is 17.6. The number of aryl methyl sites for hydroxylation is 2. The number of hydrogen-bond donors (Lipinski definition) is 0. The van der Waals surface area contributed by atoms with Crippen LogP contribution in [0.15, 0.2) is 24.3 Å². The van der Waals surface area contributed by atoms with E-state index in [1.54, 1.807) is 11.1 Å². The molecule has 1 aliphatic carbocycles. The van der Waals surface area contributed by atoms with E-state index in [0.29, 0.717) is 6.71 Å². The van der Waals surface area contributed by atoms with Crippen LogP contribution in [-0.4, -0.2) is 15.7 Å². The first kappa shape index (κ1) is 25.6. The van der Waals surface area contributed by atoms with Gasteiger partial charge in [0.1, 0.15) is 5.65 Å². The summed E-state index contributed by atoms with van der Waals surface area (Å²) in [6.45, 7) is 30.4. The van der Waals surface area contributed by atoms with Crippen LogP contribution in [0.25, 0.3) is 22.5 Å². The lowest BCUT2D eigenvalue weighted by atomic mass is 9.37. The third-order valence-electron chi connectivity index (χ3n) is 10.1. The highest BCUT2D eigenvalue weighted by molar-refractivity contribution is 7.01. The van der Waals surface area contributed by atoms with Crippen molar-refractivity contribution in [1.82, 2.24) is 8.97 Å². The minimum absolute atomic E-state index is 0.0856. The molecule has 2 aliphatic heterocycles. The van der Waals surface area contributed by atoms with Gasteiger partial charge in [-0.3, -0.25) is 4.57 Å². The van der Waals surface area contributed by atoms with E-state index >= 15 is 0 Å². The fraction of sp³-hybridized carbons (Fsp3) is 0.486. The zero-order valence-corrected chi connectivity index (χ0v) is 26.0. The van der Waals surface area contributed by atoms with Crippen molar-refractivity contribution in [2.45, 2.75) is 113 Å². The second-order valence-electron chi connectivity index (χ2n) is 14.4. The van der Waals surface area contributed by atoms with E-state index in [2.05, 4.69) is 109 Å². The monoisotopic (exact) mass is 504 g/mol. The number of nitrogens with zero attached hydrogens (tertiary/aromatic N) is 2. The number of fused-ring (bicyclic) bond motifs is 6. The van der Waals surface area contributed by atoms with Gasteiger partial charge < -0.3 is 4.40 Å². The van der Waals surface area contributed by atoms with Gasteiger partial charge in [-0.15, -0.1) is 0 Å². The molecule has 0 N–H and O–H groups in total. The van der Waals surface area contributed by atoms with Gasteiger partial charge in [-0.2, -0.15) is 0 Å². The molecule has 0 atom stereocenters. The second kappa shape index (κ2) is 7.49. The maximum absolute atomic E-state index is 2.63. The molecule has 7 rings (SSSR count). The summed E-state index contributed by atoms with van der Waals surface area (Å²) < 4.78 is 5.12.